The van der Waals surface area contributed by atoms with Gasteiger partial charge >= 0.3 is 0 Å². The number of thiophene rings is 1. The Labute approximate surface area is 187 Å². The van der Waals surface area contributed by atoms with Gasteiger partial charge in [-0.15, -0.1) is 11.3 Å². The summed E-state index contributed by atoms with van der Waals surface area (Å²) in [4.78, 5) is 28.4. The largest absolute Gasteiger partial charge is 0.350 e. The fourth-order valence-corrected chi connectivity index (χ4v) is 6.53. The second-order valence-corrected chi connectivity index (χ2v) is 10.9. The number of amides is 2. The molecular weight excluding hydrogens is 434 g/mol. The van der Waals surface area contributed by atoms with Gasteiger partial charge in [0, 0.05) is 23.4 Å². The van der Waals surface area contributed by atoms with Crippen LogP contribution in [0.3, 0.4) is 0 Å². The third-order valence-corrected chi connectivity index (χ3v) is 8.52. The molecule has 2 fully saturated rings. The highest BCUT2D eigenvalue weighted by molar-refractivity contribution is 7.94. The molecule has 31 heavy (non-hydrogen) atoms. The Morgan fingerprint density at radius 3 is 2.35 bits per heavy atom. The van der Waals surface area contributed by atoms with Crippen LogP contribution in [0.4, 0.5) is 5.69 Å². The Morgan fingerprint density at radius 2 is 1.77 bits per heavy atom. The highest BCUT2D eigenvalue weighted by Crippen LogP contribution is 2.28. The molecule has 9 heteroatoms. The summed E-state index contributed by atoms with van der Waals surface area (Å²) in [6.07, 6.45) is 4.85. The molecule has 0 bridgehead atoms. The van der Waals surface area contributed by atoms with Crippen LogP contribution in [0.5, 0.6) is 0 Å². The molecule has 1 atom stereocenters. The number of rotatable bonds is 6. The Bertz CT molecular complexity index is 1010. The number of hydrogen-bond donors (Lipinski definition) is 1. The number of carbonyl (C=O) groups excluding carboxylic acids is 2. The van der Waals surface area contributed by atoms with E-state index in [-0.39, 0.29) is 29.8 Å². The SMILES string of the molecule is O=C(NC[C@H](c1cccs1)N1CCCCCC1)c1ccc(N2C(=O)CCS2(=O)=O)cc1. The molecule has 0 radical (unpaired) electrons. The van der Waals surface area contributed by atoms with Crippen LogP contribution in [-0.2, 0) is 14.8 Å². The number of sulfonamides is 1. The first kappa shape index (κ1) is 22.0. The van der Waals surface area contributed by atoms with Crippen LogP contribution < -0.4 is 9.62 Å². The van der Waals surface area contributed by atoms with Crippen molar-refractivity contribution in [3.8, 4) is 0 Å². The van der Waals surface area contributed by atoms with E-state index in [0.717, 1.165) is 17.4 Å². The predicted molar refractivity (Wildman–Crippen MR) is 122 cm³/mol. The molecule has 7 nitrogen and oxygen atoms in total. The number of hydrogen-bond acceptors (Lipinski definition) is 6. The molecule has 2 aliphatic rings. The summed E-state index contributed by atoms with van der Waals surface area (Å²) in [5.41, 5.74) is 0.716. The quantitative estimate of drug-likeness (QED) is 0.714. The van der Waals surface area contributed by atoms with Crippen LogP contribution in [0.2, 0.25) is 0 Å². The lowest BCUT2D eigenvalue weighted by Gasteiger charge is -2.30. The lowest BCUT2D eigenvalue weighted by atomic mass is 10.1. The van der Waals surface area contributed by atoms with Crippen molar-refractivity contribution in [1.82, 2.24) is 10.2 Å². The zero-order valence-corrected chi connectivity index (χ0v) is 19.0. The summed E-state index contributed by atoms with van der Waals surface area (Å²) >= 11 is 1.71. The van der Waals surface area contributed by atoms with E-state index in [1.165, 1.54) is 42.7 Å². The molecular formula is C22H27N3O4S2. The van der Waals surface area contributed by atoms with Gasteiger partial charge in [0.2, 0.25) is 15.9 Å². The van der Waals surface area contributed by atoms with E-state index < -0.39 is 15.9 Å². The fourth-order valence-electron chi connectivity index (χ4n) is 4.21. The number of likely N-dealkylation sites (tertiary alicyclic amines) is 1. The van der Waals surface area contributed by atoms with Gasteiger partial charge in [0.15, 0.2) is 0 Å². The average Bonchev–Trinajstić information content (AvgIpc) is 3.28. The number of nitrogens with zero attached hydrogens (tertiary/aromatic N) is 2. The first-order valence-electron chi connectivity index (χ1n) is 10.7. The highest BCUT2D eigenvalue weighted by atomic mass is 32.2. The van der Waals surface area contributed by atoms with E-state index in [4.69, 9.17) is 0 Å². The molecule has 1 aromatic carbocycles. The molecule has 0 spiro atoms. The molecule has 2 saturated heterocycles. The van der Waals surface area contributed by atoms with Crippen molar-refractivity contribution in [3.63, 3.8) is 0 Å². The van der Waals surface area contributed by atoms with Gasteiger partial charge in [-0.2, -0.15) is 0 Å². The van der Waals surface area contributed by atoms with Crippen molar-refractivity contribution in [2.45, 2.75) is 38.1 Å². The van der Waals surface area contributed by atoms with Gasteiger partial charge in [0.05, 0.1) is 17.5 Å². The summed E-state index contributed by atoms with van der Waals surface area (Å²) in [5, 5.41) is 5.11. The summed E-state index contributed by atoms with van der Waals surface area (Å²) in [7, 11) is -3.61. The van der Waals surface area contributed by atoms with Crippen molar-refractivity contribution >= 4 is 38.9 Å². The molecule has 1 N–H and O–H groups in total. The van der Waals surface area contributed by atoms with Gasteiger partial charge in [-0.05, 0) is 61.6 Å². The topological polar surface area (TPSA) is 86.8 Å². The van der Waals surface area contributed by atoms with Crippen molar-refractivity contribution in [2.75, 3.05) is 29.7 Å². The maximum Gasteiger partial charge on any atom is 0.251 e. The van der Waals surface area contributed by atoms with Crippen LogP contribution in [0.1, 0.15) is 53.4 Å². The summed E-state index contributed by atoms with van der Waals surface area (Å²) in [6.45, 7) is 2.58. The zero-order valence-electron chi connectivity index (χ0n) is 17.3. The standard InChI is InChI=1S/C22H27N3O4S2/c26-21-11-15-31(28,29)25(21)18-9-7-17(8-10-18)22(27)23-16-19(20-6-5-14-30-20)24-12-3-1-2-4-13-24/h5-10,14,19H,1-4,11-13,15-16H2,(H,23,27)/t19-/m1/s1. The molecule has 4 rings (SSSR count). The number of benzene rings is 1. The van der Waals surface area contributed by atoms with Crippen molar-refractivity contribution in [2.24, 2.45) is 0 Å². The molecule has 2 amide bonds. The van der Waals surface area contributed by atoms with Gasteiger partial charge in [0.25, 0.3) is 5.91 Å². The van der Waals surface area contributed by atoms with Gasteiger partial charge in [-0.1, -0.05) is 18.9 Å². The maximum atomic E-state index is 12.8. The molecule has 2 aliphatic heterocycles. The minimum absolute atomic E-state index is 0.00875. The molecule has 0 saturated carbocycles. The first-order valence-corrected chi connectivity index (χ1v) is 13.2. The van der Waals surface area contributed by atoms with Crippen molar-refractivity contribution in [3.05, 3.63) is 52.2 Å². The van der Waals surface area contributed by atoms with Crippen molar-refractivity contribution < 1.29 is 18.0 Å². The number of anilines is 1. The van der Waals surface area contributed by atoms with Crippen LogP contribution >= 0.6 is 11.3 Å². The van der Waals surface area contributed by atoms with E-state index in [0.29, 0.717) is 12.1 Å². The minimum Gasteiger partial charge on any atom is -0.350 e. The van der Waals surface area contributed by atoms with Gasteiger partial charge in [-0.25, -0.2) is 12.7 Å². The highest BCUT2D eigenvalue weighted by Gasteiger charge is 2.36. The molecule has 1 aromatic heterocycles. The van der Waals surface area contributed by atoms with Crippen LogP contribution in [0.15, 0.2) is 41.8 Å². The minimum atomic E-state index is -3.61. The first-order chi connectivity index (χ1) is 15.0. The lowest BCUT2D eigenvalue weighted by Crippen LogP contribution is -2.38. The third kappa shape index (κ3) is 4.99. The molecule has 166 valence electrons. The van der Waals surface area contributed by atoms with Gasteiger partial charge in [0.1, 0.15) is 0 Å². The lowest BCUT2D eigenvalue weighted by molar-refractivity contribution is -0.116. The Hall–Kier alpha value is -2.23. The number of nitrogens with one attached hydrogen (secondary N) is 1. The summed E-state index contributed by atoms with van der Waals surface area (Å²) in [6, 6.07) is 10.5. The zero-order chi connectivity index (χ0) is 21.8. The number of carbonyl (C=O) groups is 2. The van der Waals surface area contributed by atoms with E-state index in [1.54, 1.807) is 23.5 Å². The summed E-state index contributed by atoms with van der Waals surface area (Å²) in [5.74, 6) is -0.818. The second kappa shape index (κ2) is 9.50. The Balaban J connectivity index is 1.44. The predicted octanol–water partition coefficient (Wildman–Crippen LogP) is 3.16. The molecule has 0 aliphatic carbocycles. The van der Waals surface area contributed by atoms with E-state index in [2.05, 4.69) is 21.7 Å². The monoisotopic (exact) mass is 461 g/mol. The Kier molecular flexibility index (Phi) is 6.74. The molecule has 3 heterocycles. The maximum absolute atomic E-state index is 12.8. The van der Waals surface area contributed by atoms with Crippen LogP contribution in [0, 0.1) is 0 Å². The van der Waals surface area contributed by atoms with E-state index >= 15 is 0 Å². The van der Waals surface area contributed by atoms with E-state index in [9.17, 15) is 18.0 Å². The van der Waals surface area contributed by atoms with Crippen LogP contribution in [0.25, 0.3) is 0 Å². The smallest absolute Gasteiger partial charge is 0.251 e. The molecule has 0 unspecified atom stereocenters. The van der Waals surface area contributed by atoms with Gasteiger partial charge < -0.3 is 5.32 Å². The summed E-state index contributed by atoms with van der Waals surface area (Å²) < 4.78 is 25.0. The van der Waals surface area contributed by atoms with Gasteiger partial charge in [-0.3, -0.25) is 14.5 Å². The normalized spacial score (nSPS) is 20.4. The fraction of sp³-hybridized carbons (Fsp3) is 0.455. The Morgan fingerprint density at radius 1 is 1.06 bits per heavy atom. The van der Waals surface area contributed by atoms with E-state index in [1.807, 2.05) is 6.07 Å². The third-order valence-electron chi connectivity index (χ3n) is 5.85. The van der Waals surface area contributed by atoms with Crippen LogP contribution in [-0.4, -0.2) is 50.5 Å². The second-order valence-electron chi connectivity index (χ2n) is 7.96. The van der Waals surface area contributed by atoms with Crippen molar-refractivity contribution in [1.29, 1.82) is 0 Å². The average molecular weight is 462 g/mol. The molecule has 2 aromatic rings.